The first-order valence-electron chi connectivity index (χ1n) is 8.55. The van der Waals surface area contributed by atoms with Crippen LogP contribution in [0.5, 0.6) is 5.75 Å². The average molecular weight is 358 g/mol. The quantitative estimate of drug-likeness (QED) is 0.814. The van der Waals surface area contributed by atoms with Crippen molar-refractivity contribution in [3.63, 3.8) is 0 Å². The molecular formula is C19H26N4O3. The Morgan fingerprint density at radius 1 is 1.19 bits per heavy atom. The molecule has 2 N–H and O–H groups in total. The second kappa shape index (κ2) is 8.12. The van der Waals surface area contributed by atoms with Crippen molar-refractivity contribution in [2.45, 2.75) is 46.6 Å². The van der Waals surface area contributed by atoms with Crippen molar-refractivity contribution >= 4 is 6.09 Å². The number of amides is 1. The molecule has 0 saturated carbocycles. The summed E-state index contributed by atoms with van der Waals surface area (Å²) in [5, 5.41) is 0. The number of ether oxygens (including phenoxy) is 2. The van der Waals surface area contributed by atoms with Gasteiger partial charge in [0, 0.05) is 5.69 Å². The van der Waals surface area contributed by atoms with Gasteiger partial charge >= 0.3 is 6.09 Å². The van der Waals surface area contributed by atoms with Gasteiger partial charge in [-0.3, -0.25) is 4.98 Å². The van der Waals surface area contributed by atoms with Crippen LogP contribution in [0.4, 0.5) is 4.79 Å². The van der Waals surface area contributed by atoms with Crippen LogP contribution in [0.25, 0.3) is 11.4 Å². The lowest BCUT2D eigenvalue weighted by Gasteiger charge is -2.30. The van der Waals surface area contributed by atoms with Gasteiger partial charge in [0.2, 0.25) is 0 Å². The topological polar surface area (TPSA) is 100 Å². The molecule has 0 saturated heterocycles. The first kappa shape index (κ1) is 19.6. The molecule has 0 bridgehead atoms. The lowest BCUT2D eigenvalue weighted by atomic mass is 9.95. The van der Waals surface area contributed by atoms with Gasteiger partial charge in [-0.15, -0.1) is 0 Å². The second-order valence-corrected chi connectivity index (χ2v) is 7.14. The number of nitrogens with zero attached hydrogens (tertiary/aromatic N) is 3. The highest BCUT2D eigenvalue weighted by molar-refractivity contribution is 5.65. The molecule has 26 heavy (non-hydrogen) atoms. The van der Waals surface area contributed by atoms with Gasteiger partial charge in [-0.1, -0.05) is 13.8 Å². The predicted octanol–water partition coefficient (Wildman–Crippen LogP) is 3.43. The van der Waals surface area contributed by atoms with E-state index in [2.05, 4.69) is 15.0 Å². The zero-order chi connectivity index (χ0) is 19.3. The highest BCUT2D eigenvalue weighted by Gasteiger charge is 2.30. The van der Waals surface area contributed by atoms with E-state index < -0.39 is 11.7 Å². The van der Waals surface area contributed by atoms with E-state index in [1.807, 2.05) is 46.8 Å². The molecule has 0 fully saturated rings. The minimum Gasteiger partial charge on any atom is -0.488 e. The normalized spacial score (nSPS) is 13.3. The zero-order valence-electron chi connectivity index (χ0n) is 15.9. The van der Waals surface area contributed by atoms with Crippen LogP contribution in [0.15, 0.2) is 24.7 Å². The van der Waals surface area contributed by atoms with Gasteiger partial charge in [-0.2, -0.15) is 0 Å². The Kier molecular flexibility index (Phi) is 6.13. The molecule has 0 radical (unpaired) electrons. The highest BCUT2D eigenvalue weighted by atomic mass is 16.6. The Morgan fingerprint density at radius 3 is 2.46 bits per heavy atom. The molecule has 1 atom stereocenters. The Morgan fingerprint density at radius 2 is 1.88 bits per heavy atom. The van der Waals surface area contributed by atoms with Gasteiger partial charge in [0.1, 0.15) is 24.3 Å². The summed E-state index contributed by atoms with van der Waals surface area (Å²) in [6.07, 6.45) is 3.01. The van der Waals surface area contributed by atoms with E-state index in [0.717, 1.165) is 22.6 Å². The van der Waals surface area contributed by atoms with Gasteiger partial charge in [-0.25, -0.2) is 14.8 Å². The standard InChI is InChI=1S/C19H26N4O3/c1-12(2)8-19(5,26-18(20)24)10-25-17-9-21-15(6-13(17)3)16-7-14(4)22-11-23-16/h6-7,9,11-12H,8,10H2,1-5H3,(H2,20,24)/t19-/m0/s1. The summed E-state index contributed by atoms with van der Waals surface area (Å²) < 4.78 is 11.2. The molecule has 0 spiro atoms. The first-order chi connectivity index (χ1) is 12.2. The molecule has 2 rings (SSSR count). The third-order valence-corrected chi connectivity index (χ3v) is 3.85. The summed E-state index contributed by atoms with van der Waals surface area (Å²) in [5.74, 6) is 0.952. The van der Waals surface area contributed by atoms with E-state index in [9.17, 15) is 4.79 Å². The van der Waals surface area contributed by atoms with Crippen molar-refractivity contribution < 1.29 is 14.3 Å². The van der Waals surface area contributed by atoms with Crippen LogP contribution in [0.1, 0.15) is 38.4 Å². The van der Waals surface area contributed by atoms with Crippen LogP contribution in [0.3, 0.4) is 0 Å². The largest absolute Gasteiger partial charge is 0.488 e. The molecule has 0 unspecified atom stereocenters. The molecule has 2 heterocycles. The fraction of sp³-hybridized carbons (Fsp3) is 0.474. The Balaban J connectivity index is 2.15. The van der Waals surface area contributed by atoms with Gasteiger partial charge < -0.3 is 15.2 Å². The maximum Gasteiger partial charge on any atom is 0.405 e. The predicted molar refractivity (Wildman–Crippen MR) is 98.8 cm³/mol. The number of nitrogens with two attached hydrogens (primary N) is 1. The number of hydrogen-bond acceptors (Lipinski definition) is 6. The lowest BCUT2D eigenvalue weighted by Crippen LogP contribution is -2.41. The van der Waals surface area contributed by atoms with Crippen LogP contribution in [0, 0.1) is 19.8 Å². The molecule has 7 nitrogen and oxygen atoms in total. The summed E-state index contributed by atoms with van der Waals surface area (Å²) in [5.41, 5.74) is 7.71. The van der Waals surface area contributed by atoms with E-state index in [1.165, 1.54) is 6.33 Å². The fourth-order valence-corrected chi connectivity index (χ4v) is 2.90. The smallest absolute Gasteiger partial charge is 0.405 e. The van der Waals surface area contributed by atoms with Crippen molar-refractivity contribution in [1.29, 1.82) is 0 Å². The molecule has 1 amide bonds. The average Bonchev–Trinajstić information content (AvgIpc) is 2.52. The fourth-order valence-electron chi connectivity index (χ4n) is 2.90. The number of carbonyl (C=O) groups is 1. The Hall–Kier alpha value is -2.70. The number of aromatic nitrogens is 3. The van der Waals surface area contributed by atoms with Crippen LogP contribution in [-0.4, -0.2) is 33.3 Å². The third-order valence-electron chi connectivity index (χ3n) is 3.85. The molecule has 0 aliphatic carbocycles. The summed E-state index contributed by atoms with van der Waals surface area (Å²) in [4.78, 5) is 24.0. The van der Waals surface area contributed by atoms with E-state index in [4.69, 9.17) is 15.2 Å². The highest BCUT2D eigenvalue weighted by Crippen LogP contribution is 2.26. The minimum atomic E-state index is -0.805. The number of primary amides is 1. The second-order valence-electron chi connectivity index (χ2n) is 7.14. The number of aryl methyl sites for hydroxylation is 2. The van der Waals surface area contributed by atoms with Crippen LogP contribution < -0.4 is 10.5 Å². The van der Waals surface area contributed by atoms with Crippen molar-refractivity contribution in [3.05, 3.63) is 35.9 Å². The summed E-state index contributed by atoms with van der Waals surface area (Å²) in [6.45, 7) is 9.95. The van der Waals surface area contributed by atoms with Gasteiger partial charge in [0.05, 0.1) is 17.6 Å². The molecule has 0 aliphatic rings. The Labute approximate surface area is 154 Å². The molecule has 0 aromatic carbocycles. The van der Waals surface area contributed by atoms with E-state index in [1.54, 1.807) is 6.20 Å². The van der Waals surface area contributed by atoms with Crippen LogP contribution in [-0.2, 0) is 4.74 Å². The monoisotopic (exact) mass is 358 g/mol. The lowest BCUT2D eigenvalue weighted by molar-refractivity contribution is -0.0188. The molecule has 7 heteroatoms. The van der Waals surface area contributed by atoms with E-state index >= 15 is 0 Å². The van der Waals surface area contributed by atoms with Gasteiger partial charge in [0.25, 0.3) is 0 Å². The molecular weight excluding hydrogens is 332 g/mol. The maximum absolute atomic E-state index is 11.2. The summed E-state index contributed by atoms with van der Waals surface area (Å²) in [6, 6.07) is 3.79. The summed E-state index contributed by atoms with van der Waals surface area (Å²) in [7, 11) is 0. The Bertz CT molecular complexity index is 779. The van der Waals surface area contributed by atoms with E-state index in [0.29, 0.717) is 18.1 Å². The van der Waals surface area contributed by atoms with Crippen molar-refractivity contribution in [3.8, 4) is 17.1 Å². The number of carbonyl (C=O) groups excluding carboxylic acids is 1. The third kappa shape index (κ3) is 5.40. The maximum atomic E-state index is 11.2. The van der Waals surface area contributed by atoms with Crippen LogP contribution in [0.2, 0.25) is 0 Å². The number of pyridine rings is 1. The SMILES string of the molecule is Cc1cc(-c2cc(C)c(OC[C@](C)(CC(C)C)OC(N)=O)cn2)ncn1. The molecule has 2 aromatic rings. The van der Waals surface area contributed by atoms with Crippen molar-refractivity contribution in [1.82, 2.24) is 15.0 Å². The minimum absolute atomic E-state index is 0.197. The zero-order valence-corrected chi connectivity index (χ0v) is 15.9. The number of rotatable bonds is 7. The molecule has 2 aromatic heterocycles. The molecule has 0 aliphatic heterocycles. The summed E-state index contributed by atoms with van der Waals surface area (Å²) >= 11 is 0. The van der Waals surface area contributed by atoms with Crippen molar-refractivity contribution in [2.75, 3.05) is 6.61 Å². The first-order valence-corrected chi connectivity index (χ1v) is 8.55. The molecule has 140 valence electrons. The van der Waals surface area contributed by atoms with E-state index in [-0.39, 0.29) is 6.61 Å². The van der Waals surface area contributed by atoms with Gasteiger partial charge in [0.15, 0.2) is 0 Å². The van der Waals surface area contributed by atoms with Crippen molar-refractivity contribution in [2.24, 2.45) is 11.7 Å². The van der Waals surface area contributed by atoms with Crippen LogP contribution >= 0.6 is 0 Å². The van der Waals surface area contributed by atoms with Gasteiger partial charge in [-0.05, 0) is 50.8 Å². The number of hydrogen-bond donors (Lipinski definition) is 1.